The highest BCUT2D eigenvalue weighted by Gasteiger charge is 2.29. The summed E-state index contributed by atoms with van der Waals surface area (Å²) in [6.07, 6.45) is 0.673. The molecule has 2 aromatic carbocycles. The molecular formula is C24H26ClN5O2S. The Hall–Kier alpha value is -2.68. The molecule has 5 rings (SSSR count). The monoisotopic (exact) mass is 483 g/mol. The molecule has 172 valence electrons. The molecule has 1 saturated heterocycles. The highest BCUT2D eigenvalue weighted by atomic mass is 35.5. The number of fused-ring (bicyclic) bond motifs is 1. The van der Waals surface area contributed by atoms with Gasteiger partial charge < -0.3 is 20.2 Å². The van der Waals surface area contributed by atoms with Crippen LogP contribution in [-0.2, 0) is 17.2 Å². The van der Waals surface area contributed by atoms with E-state index in [1.54, 1.807) is 0 Å². The zero-order valence-electron chi connectivity index (χ0n) is 18.2. The Morgan fingerprint density at radius 2 is 1.70 bits per heavy atom. The van der Waals surface area contributed by atoms with Crippen molar-refractivity contribution in [1.82, 2.24) is 9.97 Å². The van der Waals surface area contributed by atoms with Crippen LogP contribution in [0.2, 0.25) is 5.02 Å². The highest BCUT2D eigenvalue weighted by Crippen LogP contribution is 2.32. The van der Waals surface area contributed by atoms with Gasteiger partial charge >= 0.3 is 0 Å². The number of hydrogen-bond acceptors (Lipinski definition) is 7. The Kier molecular flexibility index (Phi) is 6.48. The molecule has 3 heterocycles. The van der Waals surface area contributed by atoms with Crippen LogP contribution in [0.1, 0.15) is 17.3 Å². The van der Waals surface area contributed by atoms with E-state index in [4.69, 9.17) is 21.6 Å². The summed E-state index contributed by atoms with van der Waals surface area (Å²) in [5, 5.41) is 14.1. The number of hydrogen-bond donors (Lipinski definition) is 2. The van der Waals surface area contributed by atoms with Gasteiger partial charge in [-0.1, -0.05) is 41.9 Å². The third kappa shape index (κ3) is 4.69. The number of benzene rings is 2. The number of anilines is 3. The number of piperazine rings is 1. The maximum absolute atomic E-state index is 12.7. The van der Waals surface area contributed by atoms with E-state index < -0.39 is 10.8 Å². The number of nitrogens with one attached hydrogen (secondary N) is 1. The van der Waals surface area contributed by atoms with Crippen LogP contribution in [0.3, 0.4) is 0 Å². The normalized spacial score (nSPS) is 18.8. The van der Waals surface area contributed by atoms with E-state index in [0.717, 1.165) is 48.1 Å². The molecule has 33 heavy (non-hydrogen) atoms. The van der Waals surface area contributed by atoms with Crippen LogP contribution in [0, 0.1) is 0 Å². The number of aromatic nitrogens is 2. The molecule has 0 radical (unpaired) electrons. The zero-order valence-corrected chi connectivity index (χ0v) is 19.7. The first-order chi connectivity index (χ1) is 16.1. The van der Waals surface area contributed by atoms with Gasteiger partial charge in [0.05, 0.1) is 29.1 Å². The molecule has 0 spiro atoms. The van der Waals surface area contributed by atoms with Crippen molar-refractivity contribution in [3.05, 3.63) is 70.9 Å². The van der Waals surface area contributed by atoms with Crippen LogP contribution in [-0.4, -0.2) is 57.8 Å². The van der Waals surface area contributed by atoms with Crippen molar-refractivity contribution < 1.29 is 9.32 Å². The minimum absolute atomic E-state index is 0.0927. The van der Waals surface area contributed by atoms with Crippen molar-refractivity contribution in [1.29, 1.82) is 0 Å². The van der Waals surface area contributed by atoms with Gasteiger partial charge in [-0.3, -0.25) is 4.21 Å². The second-order valence-corrected chi connectivity index (χ2v) is 10.1. The summed E-state index contributed by atoms with van der Waals surface area (Å²) < 4.78 is 12.7. The number of aliphatic hydroxyl groups excluding tert-OH is 1. The van der Waals surface area contributed by atoms with Crippen LogP contribution in [0.5, 0.6) is 0 Å². The molecule has 2 aliphatic rings. The third-order valence-electron chi connectivity index (χ3n) is 6.13. The molecule has 0 aliphatic carbocycles. The average Bonchev–Trinajstić information content (AvgIpc) is 3.24. The Morgan fingerprint density at radius 1 is 1.00 bits per heavy atom. The molecule has 1 unspecified atom stereocenters. The predicted molar refractivity (Wildman–Crippen MR) is 133 cm³/mol. The molecule has 7 nitrogen and oxygen atoms in total. The van der Waals surface area contributed by atoms with Gasteiger partial charge in [0.2, 0.25) is 5.95 Å². The van der Waals surface area contributed by atoms with E-state index in [1.807, 2.05) is 54.6 Å². The standard InChI is InChI=1S/C24H26ClN5O2S/c25-18-6-8-19(9-7-18)29-11-13-30(14-12-29)24-27-20-10-15-33(32)22(20)23(28-24)26-21(16-31)17-4-2-1-3-5-17/h1-9,21,31H,10-16H2,(H,26,27,28)/t21?,33-/m1/s1. The van der Waals surface area contributed by atoms with Gasteiger partial charge in [0.1, 0.15) is 10.7 Å². The molecule has 0 saturated carbocycles. The second kappa shape index (κ2) is 9.67. The van der Waals surface area contributed by atoms with Gasteiger partial charge in [0, 0.05) is 49.1 Å². The second-order valence-electron chi connectivity index (χ2n) is 8.19. The molecule has 1 fully saturated rings. The van der Waals surface area contributed by atoms with E-state index in [1.165, 1.54) is 0 Å². The highest BCUT2D eigenvalue weighted by molar-refractivity contribution is 7.85. The quantitative estimate of drug-likeness (QED) is 0.557. The van der Waals surface area contributed by atoms with Crippen molar-refractivity contribution in [3.63, 3.8) is 0 Å². The molecule has 0 amide bonds. The van der Waals surface area contributed by atoms with Gasteiger partial charge in [-0.25, -0.2) is 4.98 Å². The van der Waals surface area contributed by atoms with E-state index in [9.17, 15) is 9.32 Å². The van der Waals surface area contributed by atoms with Crippen molar-refractivity contribution in [3.8, 4) is 0 Å². The minimum Gasteiger partial charge on any atom is -0.394 e. The van der Waals surface area contributed by atoms with E-state index in [2.05, 4.69) is 15.1 Å². The van der Waals surface area contributed by atoms with Crippen molar-refractivity contribution >= 4 is 39.9 Å². The van der Waals surface area contributed by atoms with Crippen molar-refractivity contribution in [2.45, 2.75) is 17.4 Å². The lowest BCUT2D eigenvalue weighted by Crippen LogP contribution is -2.47. The van der Waals surface area contributed by atoms with Crippen LogP contribution in [0.15, 0.2) is 59.5 Å². The van der Waals surface area contributed by atoms with Gasteiger partial charge in [0.25, 0.3) is 0 Å². The lowest BCUT2D eigenvalue weighted by Gasteiger charge is -2.36. The summed E-state index contributed by atoms with van der Waals surface area (Å²) in [4.78, 5) is 14.8. The van der Waals surface area contributed by atoms with Gasteiger partial charge in [0.15, 0.2) is 0 Å². The van der Waals surface area contributed by atoms with Crippen LogP contribution in [0.25, 0.3) is 0 Å². The average molecular weight is 484 g/mol. The number of aryl methyl sites for hydroxylation is 1. The molecule has 3 aromatic rings. The Balaban J connectivity index is 1.38. The number of nitrogens with zero attached hydrogens (tertiary/aromatic N) is 4. The first kappa shape index (κ1) is 22.1. The third-order valence-corrected chi connectivity index (χ3v) is 7.84. The lowest BCUT2D eigenvalue weighted by atomic mass is 10.1. The van der Waals surface area contributed by atoms with Crippen LogP contribution >= 0.6 is 11.6 Å². The summed E-state index contributed by atoms with van der Waals surface area (Å²) >= 11 is 6.02. The molecule has 0 bridgehead atoms. The van der Waals surface area contributed by atoms with Gasteiger partial charge in [-0.15, -0.1) is 0 Å². The molecule has 2 N–H and O–H groups in total. The lowest BCUT2D eigenvalue weighted by molar-refractivity contribution is 0.276. The summed E-state index contributed by atoms with van der Waals surface area (Å²) in [6, 6.07) is 17.3. The fourth-order valence-electron chi connectivity index (χ4n) is 4.32. The number of aliphatic hydroxyl groups is 1. The summed E-state index contributed by atoms with van der Waals surface area (Å²) in [5.74, 6) is 1.77. The topological polar surface area (TPSA) is 81.6 Å². The number of halogens is 1. The Morgan fingerprint density at radius 3 is 2.39 bits per heavy atom. The molecule has 1 aromatic heterocycles. The molecule has 2 atom stereocenters. The fraction of sp³-hybridized carbons (Fsp3) is 0.333. The largest absolute Gasteiger partial charge is 0.394 e. The molecule has 9 heteroatoms. The van der Waals surface area contributed by atoms with Crippen LogP contribution < -0.4 is 15.1 Å². The van der Waals surface area contributed by atoms with Gasteiger partial charge in [-0.2, -0.15) is 4.98 Å². The summed E-state index contributed by atoms with van der Waals surface area (Å²) in [7, 11) is -1.14. The van der Waals surface area contributed by atoms with E-state index >= 15 is 0 Å². The van der Waals surface area contributed by atoms with Crippen LogP contribution in [0.4, 0.5) is 17.5 Å². The zero-order chi connectivity index (χ0) is 22.8. The van der Waals surface area contributed by atoms with Gasteiger partial charge in [-0.05, 0) is 29.8 Å². The Labute approximate surface area is 200 Å². The van der Waals surface area contributed by atoms with E-state index in [0.29, 0.717) is 28.8 Å². The first-order valence-electron chi connectivity index (χ1n) is 11.1. The molecule has 2 aliphatic heterocycles. The van der Waals surface area contributed by atoms with Crippen molar-refractivity contribution in [2.75, 3.05) is 53.7 Å². The minimum atomic E-state index is -1.14. The maximum Gasteiger partial charge on any atom is 0.227 e. The maximum atomic E-state index is 12.7. The SMILES string of the molecule is O=[S@@]1CCc2nc(N3CCN(c4ccc(Cl)cc4)CC3)nc(NC(CO)c3ccccc3)c21. The Bertz CT molecular complexity index is 1140. The van der Waals surface area contributed by atoms with Crippen molar-refractivity contribution in [2.24, 2.45) is 0 Å². The smallest absolute Gasteiger partial charge is 0.227 e. The summed E-state index contributed by atoms with van der Waals surface area (Å²) in [5.41, 5.74) is 2.94. The first-order valence-corrected chi connectivity index (χ1v) is 12.8. The number of rotatable bonds is 6. The predicted octanol–water partition coefficient (Wildman–Crippen LogP) is 3.27. The fourth-order valence-corrected chi connectivity index (χ4v) is 5.76. The summed E-state index contributed by atoms with van der Waals surface area (Å²) in [6.45, 7) is 3.17. The van der Waals surface area contributed by atoms with E-state index in [-0.39, 0.29) is 12.6 Å². The molecular weight excluding hydrogens is 458 g/mol.